The molecule has 3 rings (SSSR count). The first-order valence-electron chi connectivity index (χ1n) is 8.69. The number of hydrogen-bond donors (Lipinski definition) is 1. The lowest BCUT2D eigenvalue weighted by atomic mass is 10.1. The number of hydrogen-bond acceptors (Lipinski definition) is 4. The molecule has 1 N–H and O–H groups in total. The van der Waals surface area contributed by atoms with Gasteiger partial charge in [0.2, 0.25) is 0 Å². The van der Waals surface area contributed by atoms with E-state index in [0.717, 1.165) is 18.7 Å². The molecule has 1 amide bonds. The predicted octanol–water partition coefficient (Wildman–Crippen LogP) is 3.25. The fourth-order valence-corrected chi connectivity index (χ4v) is 3.06. The van der Waals surface area contributed by atoms with E-state index in [1.165, 1.54) is 24.8 Å². The van der Waals surface area contributed by atoms with Crippen LogP contribution in [-0.4, -0.2) is 41.6 Å². The monoisotopic (exact) mass is 327 g/mol. The predicted molar refractivity (Wildman–Crippen MR) is 93.9 cm³/mol. The zero-order valence-electron chi connectivity index (χ0n) is 14.4. The van der Waals surface area contributed by atoms with Crippen LogP contribution in [0.1, 0.15) is 42.2 Å². The Morgan fingerprint density at radius 1 is 1.25 bits per heavy atom. The van der Waals surface area contributed by atoms with Gasteiger partial charge in [-0.3, -0.25) is 9.69 Å². The average Bonchev–Trinajstić information content (AvgIpc) is 3.11. The van der Waals surface area contributed by atoms with Crippen molar-refractivity contribution in [3.63, 3.8) is 0 Å². The van der Waals surface area contributed by atoms with Crippen molar-refractivity contribution in [3.05, 3.63) is 41.6 Å². The number of aryl methyl sites for hydroxylation is 1. The summed E-state index contributed by atoms with van der Waals surface area (Å²) in [5.41, 5.74) is 2.44. The van der Waals surface area contributed by atoms with E-state index in [1.807, 2.05) is 31.2 Å². The molecule has 1 saturated heterocycles. The third-order valence-corrected chi connectivity index (χ3v) is 4.65. The summed E-state index contributed by atoms with van der Waals surface area (Å²) in [6, 6.07) is 10.0. The molecule has 0 radical (unpaired) electrons. The number of benzene rings is 1. The minimum absolute atomic E-state index is 0.180. The zero-order chi connectivity index (χ0) is 16.9. The Balaban J connectivity index is 1.56. The second-order valence-electron chi connectivity index (χ2n) is 6.60. The molecule has 1 aromatic carbocycles. The van der Waals surface area contributed by atoms with E-state index >= 15 is 0 Å². The smallest absolute Gasteiger partial charge is 0.273 e. The maximum Gasteiger partial charge on any atom is 0.273 e. The van der Waals surface area contributed by atoms with Crippen LogP contribution in [0.2, 0.25) is 0 Å². The maximum absolute atomic E-state index is 12.3. The minimum Gasteiger partial charge on any atom is -0.355 e. The molecule has 1 aliphatic heterocycles. The lowest BCUT2D eigenvalue weighted by molar-refractivity contribution is 0.0921. The van der Waals surface area contributed by atoms with Gasteiger partial charge in [-0.2, -0.15) is 0 Å². The van der Waals surface area contributed by atoms with Crippen molar-refractivity contribution < 1.29 is 9.32 Å². The van der Waals surface area contributed by atoms with E-state index < -0.39 is 0 Å². The Hall–Kier alpha value is -2.14. The van der Waals surface area contributed by atoms with Crippen molar-refractivity contribution in [2.24, 2.45) is 0 Å². The molecule has 1 aromatic heterocycles. The van der Waals surface area contributed by atoms with E-state index in [4.69, 9.17) is 4.52 Å². The second-order valence-corrected chi connectivity index (χ2v) is 6.60. The highest BCUT2D eigenvalue weighted by molar-refractivity contribution is 5.93. The van der Waals surface area contributed by atoms with Gasteiger partial charge in [-0.25, -0.2) is 0 Å². The van der Waals surface area contributed by atoms with Crippen LogP contribution in [0.4, 0.5) is 0 Å². The van der Waals surface area contributed by atoms with E-state index in [-0.39, 0.29) is 5.91 Å². The largest absolute Gasteiger partial charge is 0.355 e. The average molecular weight is 327 g/mol. The highest BCUT2D eigenvalue weighted by atomic mass is 16.5. The Bertz CT molecular complexity index is 672. The molecular formula is C19H25N3O2. The van der Waals surface area contributed by atoms with Crippen molar-refractivity contribution in [3.8, 4) is 11.3 Å². The van der Waals surface area contributed by atoms with Crippen molar-refractivity contribution in [2.75, 3.05) is 19.6 Å². The normalized spacial score (nSPS) is 16.8. The van der Waals surface area contributed by atoms with Crippen LogP contribution < -0.4 is 5.32 Å². The van der Waals surface area contributed by atoms with Crippen LogP contribution in [-0.2, 0) is 0 Å². The first kappa shape index (κ1) is 16.7. The molecule has 1 aliphatic rings. The van der Waals surface area contributed by atoms with Crippen LogP contribution in [0.25, 0.3) is 11.3 Å². The third kappa shape index (κ3) is 4.03. The van der Waals surface area contributed by atoms with Crippen molar-refractivity contribution in [1.29, 1.82) is 0 Å². The summed E-state index contributed by atoms with van der Waals surface area (Å²) in [6.07, 6.45) is 3.82. The van der Waals surface area contributed by atoms with E-state index in [0.29, 0.717) is 24.0 Å². The van der Waals surface area contributed by atoms with Gasteiger partial charge in [-0.05, 0) is 39.8 Å². The van der Waals surface area contributed by atoms with Gasteiger partial charge < -0.3 is 9.84 Å². The number of amides is 1. The van der Waals surface area contributed by atoms with Crippen LogP contribution in [0.5, 0.6) is 0 Å². The van der Waals surface area contributed by atoms with E-state index in [9.17, 15) is 4.79 Å². The summed E-state index contributed by atoms with van der Waals surface area (Å²) >= 11 is 0. The number of carbonyl (C=O) groups is 1. The van der Waals surface area contributed by atoms with Crippen LogP contribution >= 0.6 is 0 Å². The molecule has 0 saturated carbocycles. The number of rotatable bonds is 5. The fourth-order valence-electron chi connectivity index (χ4n) is 3.06. The zero-order valence-corrected chi connectivity index (χ0v) is 14.4. The highest BCUT2D eigenvalue weighted by Crippen LogP contribution is 2.20. The van der Waals surface area contributed by atoms with Gasteiger partial charge in [0.05, 0.1) is 0 Å². The van der Waals surface area contributed by atoms with Crippen molar-refractivity contribution in [1.82, 2.24) is 15.4 Å². The topological polar surface area (TPSA) is 58.4 Å². The fraction of sp³-hybridized carbons (Fsp3) is 0.474. The molecule has 2 aromatic rings. The molecule has 0 spiro atoms. The maximum atomic E-state index is 12.3. The summed E-state index contributed by atoms with van der Waals surface area (Å²) in [4.78, 5) is 14.7. The molecule has 0 aliphatic carbocycles. The second kappa shape index (κ2) is 7.62. The molecule has 0 bridgehead atoms. The lowest BCUT2D eigenvalue weighted by Crippen LogP contribution is -2.44. The van der Waals surface area contributed by atoms with Crippen molar-refractivity contribution in [2.45, 2.75) is 39.2 Å². The number of nitrogens with zero attached hydrogens (tertiary/aromatic N) is 2. The van der Waals surface area contributed by atoms with Gasteiger partial charge in [0.25, 0.3) is 5.91 Å². The number of nitrogens with one attached hydrogen (secondary N) is 1. The van der Waals surface area contributed by atoms with Gasteiger partial charge in [0, 0.05) is 24.2 Å². The highest BCUT2D eigenvalue weighted by Gasteiger charge is 2.19. The minimum atomic E-state index is -0.180. The first-order chi connectivity index (χ1) is 11.6. The molecule has 1 atom stereocenters. The molecule has 1 fully saturated rings. The third-order valence-electron chi connectivity index (χ3n) is 4.65. The molecule has 24 heavy (non-hydrogen) atoms. The molecule has 0 unspecified atom stereocenters. The van der Waals surface area contributed by atoms with Gasteiger partial charge in [0.15, 0.2) is 11.5 Å². The Morgan fingerprint density at radius 3 is 2.67 bits per heavy atom. The summed E-state index contributed by atoms with van der Waals surface area (Å²) in [7, 11) is 0. The summed E-state index contributed by atoms with van der Waals surface area (Å²) in [5, 5.41) is 6.87. The standard InChI is InChI=1S/C19H25N3O2/c1-14-6-8-16(9-7-14)18-12-17(21-24-18)19(23)20-13-15(2)22-10-4-3-5-11-22/h6-9,12,15H,3-5,10-11,13H2,1-2H3,(H,20,23)/t15-/m1/s1. The summed E-state index contributed by atoms with van der Waals surface area (Å²) < 4.78 is 5.31. The van der Waals surface area contributed by atoms with Crippen molar-refractivity contribution >= 4 is 5.91 Å². The van der Waals surface area contributed by atoms with Gasteiger partial charge in [-0.15, -0.1) is 0 Å². The van der Waals surface area contributed by atoms with E-state index in [2.05, 4.69) is 22.3 Å². The van der Waals surface area contributed by atoms with Gasteiger partial charge >= 0.3 is 0 Å². The first-order valence-corrected chi connectivity index (χ1v) is 8.69. The Morgan fingerprint density at radius 2 is 1.96 bits per heavy atom. The Labute approximate surface area is 143 Å². The number of carbonyl (C=O) groups excluding carboxylic acids is 1. The summed E-state index contributed by atoms with van der Waals surface area (Å²) in [5.74, 6) is 0.435. The molecule has 5 nitrogen and oxygen atoms in total. The Kier molecular flexibility index (Phi) is 5.30. The quantitative estimate of drug-likeness (QED) is 0.916. The van der Waals surface area contributed by atoms with E-state index in [1.54, 1.807) is 6.07 Å². The van der Waals surface area contributed by atoms with Crippen LogP contribution in [0.3, 0.4) is 0 Å². The summed E-state index contributed by atoms with van der Waals surface area (Å²) in [6.45, 7) is 7.07. The van der Waals surface area contributed by atoms with Crippen LogP contribution in [0, 0.1) is 6.92 Å². The number of likely N-dealkylation sites (tertiary alicyclic amines) is 1. The molecular weight excluding hydrogens is 302 g/mol. The number of aromatic nitrogens is 1. The molecule has 128 valence electrons. The van der Waals surface area contributed by atoms with Gasteiger partial charge in [-0.1, -0.05) is 41.4 Å². The van der Waals surface area contributed by atoms with Crippen LogP contribution in [0.15, 0.2) is 34.9 Å². The SMILES string of the molecule is Cc1ccc(-c2cc(C(=O)NC[C@@H](C)N3CCCCC3)no2)cc1. The molecule has 5 heteroatoms. The molecule has 2 heterocycles. The lowest BCUT2D eigenvalue weighted by Gasteiger charge is -2.32. The van der Waals surface area contributed by atoms with Gasteiger partial charge in [0.1, 0.15) is 0 Å². The number of piperidine rings is 1.